The van der Waals surface area contributed by atoms with Crippen LogP contribution in [0.1, 0.15) is 18.9 Å². The van der Waals surface area contributed by atoms with E-state index in [2.05, 4.69) is 41.0 Å². The molecule has 1 atom stereocenters. The molecular formula is C21H23N3O. The minimum absolute atomic E-state index is 0.480. The zero-order chi connectivity index (χ0) is 17.1. The molecule has 4 nitrogen and oxygen atoms in total. The third-order valence-corrected chi connectivity index (χ3v) is 4.71. The summed E-state index contributed by atoms with van der Waals surface area (Å²) in [4.78, 5) is 2.38. The highest BCUT2D eigenvalue weighted by atomic mass is 16.5. The van der Waals surface area contributed by atoms with Gasteiger partial charge in [0.25, 0.3) is 0 Å². The molecule has 4 heteroatoms. The average molecular weight is 333 g/mol. The number of hydrogen-bond acceptors (Lipinski definition) is 3. The van der Waals surface area contributed by atoms with Crippen LogP contribution >= 0.6 is 0 Å². The van der Waals surface area contributed by atoms with Crippen LogP contribution < -0.4 is 4.74 Å². The summed E-state index contributed by atoms with van der Waals surface area (Å²) < 4.78 is 7.97. The molecule has 128 valence electrons. The molecular weight excluding hydrogens is 310 g/mol. The molecule has 0 saturated carbocycles. The highest BCUT2D eigenvalue weighted by Crippen LogP contribution is 2.26. The van der Waals surface area contributed by atoms with Crippen LogP contribution in [0, 0.1) is 0 Å². The number of aromatic nitrogens is 2. The number of para-hydroxylation sites is 1. The first-order valence-electron chi connectivity index (χ1n) is 8.85. The molecule has 0 N–H and O–H groups in total. The summed E-state index contributed by atoms with van der Waals surface area (Å²) in [6, 6.07) is 20.5. The Morgan fingerprint density at radius 1 is 0.960 bits per heavy atom. The Bertz CT molecular complexity index is 811. The van der Waals surface area contributed by atoms with E-state index in [4.69, 9.17) is 9.84 Å². The molecule has 4 rings (SSSR count). The van der Waals surface area contributed by atoms with Gasteiger partial charge in [0, 0.05) is 18.3 Å². The SMILES string of the molecule is CN1CCCC(n2ccc(-c3ccc(Oc4ccccc4)cc3)n2)C1. The lowest BCUT2D eigenvalue weighted by Crippen LogP contribution is -2.33. The Hall–Kier alpha value is -2.59. The van der Waals surface area contributed by atoms with Gasteiger partial charge < -0.3 is 9.64 Å². The first-order chi connectivity index (χ1) is 12.3. The van der Waals surface area contributed by atoms with Crippen LogP contribution in [0.15, 0.2) is 66.9 Å². The van der Waals surface area contributed by atoms with Gasteiger partial charge in [-0.2, -0.15) is 5.10 Å². The summed E-state index contributed by atoms with van der Waals surface area (Å²) in [5.74, 6) is 1.68. The van der Waals surface area contributed by atoms with E-state index in [-0.39, 0.29) is 0 Å². The van der Waals surface area contributed by atoms with Crippen LogP contribution in [0.5, 0.6) is 11.5 Å². The minimum Gasteiger partial charge on any atom is -0.457 e. The smallest absolute Gasteiger partial charge is 0.127 e. The predicted octanol–water partition coefficient (Wildman–Crippen LogP) is 4.61. The van der Waals surface area contributed by atoms with Crippen molar-refractivity contribution in [1.82, 2.24) is 14.7 Å². The van der Waals surface area contributed by atoms with Crippen molar-refractivity contribution in [2.24, 2.45) is 0 Å². The number of piperidine rings is 1. The van der Waals surface area contributed by atoms with Gasteiger partial charge in [-0.25, -0.2) is 0 Å². The van der Waals surface area contributed by atoms with Gasteiger partial charge >= 0.3 is 0 Å². The first kappa shape index (κ1) is 15.9. The molecule has 1 aliphatic heterocycles. The number of ether oxygens (including phenoxy) is 1. The lowest BCUT2D eigenvalue weighted by Gasteiger charge is -2.29. The van der Waals surface area contributed by atoms with Gasteiger partial charge in [-0.3, -0.25) is 4.68 Å². The Kier molecular flexibility index (Phi) is 4.53. The van der Waals surface area contributed by atoms with E-state index in [0.29, 0.717) is 6.04 Å². The molecule has 0 radical (unpaired) electrons. The van der Waals surface area contributed by atoms with Crippen LogP contribution in [0.2, 0.25) is 0 Å². The van der Waals surface area contributed by atoms with Gasteiger partial charge in [-0.05, 0) is 68.9 Å². The van der Waals surface area contributed by atoms with Crippen molar-refractivity contribution in [2.75, 3.05) is 20.1 Å². The van der Waals surface area contributed by atoms with Crippen molar-refractivity contribution in [3.63, 3.8) is 0 Å². The second-order valence-corrected chi connectivity index (χ2v) is 6.68. The number of nitrogens with zero attached hydrogens (tertiary/aromatic N) is 3. The molecule has 1 fully saturated rings. The maximum atomic E-state index is 5.85. The lowest BCUT2D eigenvalue weighted by molar-refractivity contribution is 0.203. The van der Waals surface area contributed by atoms with Gasteiger partial charge in [0.1, 0.15) is 11.5 Å². The Morgan fingerprint density at radius 3 is 2.48 bits per heavy atom. The molecule has 25 heavy (non-hydrogen) atoms. The van der Waals surface area contributed by atoms with Gasteiger partial charge in [-0.15, -0.1) is 0 Å². The molecule has 2 heterocycles. The Morgan fingerprint density at radius 2 is 1.72 bits per heavy atom. The van der Waals surface area contributed by atoms with E-state index < -0.39 is 0 Å². The van der Waals surface area contributed by atoms with E-state index in [1.165, 1.54) is 19.4 Å². The van der Waals surface area contributed by atoms with Crippen LogP contribution in [0.4, 0.5) is 0 Å². The summed E-state index contributed by atoms with van der Waals surface area (Å²) in [5.41, 5.74) is 2.13. The van der Waals surface area contributed by atoms with Crippen molar-refractivity contribution in [3.8, 4) is 22.8 Å². The van der Waals surface area contributed by atoms with Crippen LogP contribution in [-0.4, -0.2) is 34.8 Å². The van der Waals surface area contributed by atoms with Gasteiger partial charge in [0.15, 0.2) is 0 Å². The summed E-state index contributed by atoms with van der Waals surface area (Å²) in [7, 11) is 2.18. The number of hydrogen-bond donors (Lipinski definition) is 0. The second-order valence-electron chi connectivity index (χ2n) is 6.68. The molecule has 0 amide bonds. The quantitative estimate of drug-likeness (QED) is 0.698. The fourth-order valence-electron chi connectivity index (χ4n) is 3.37. The number of likely N-dealkylation sites (N-methyl/N-ethyl adjacent to an activating group) is 1. The molecule has 0 bridgehead atoms. The Labute approximate surface area is 148 Å². The Balaban J connectivity index is 1.47. The lowest BCUT2D eigenvalue weighted by atomic mass is 10.1. The maximum absolute atomic E-state index is 5.85. The van der Waals surface area contributed by atoms with E-state index in [0.717, 1.165) is 29.3 Å². The number of benzene rings is 2. The molecule has 0 spiro atoms. The van der Waals surface area contributed by atoms with E-state index in [1.54, 1.807) is 0 Å². The summed E-state index contributed by atoms with van der Waals surface area (Å²) in [6.07, 6.45) is 4.55. The van der Waals surface area contributed by atoms with Gasteiger partial charge in [-0.1, -0.05) is 18.2 Å². The molecule has 3 aromatic rings. The van der Waals surface area contributed by atoms with E-state index >= 15 is 0 Å². The topological polar surface area (TPSA) is 30.3 Å². The monoisotopic (exact) mass is 333 g/mol. The van der Waals surface area contributed by atoms with Gasteiger partial charge in [0.05, 0.1) is 11.7 Å². The van der Waals surface area contributed by atoms with Crippen LogP contribution in [0.25, 0.3) is 11.3 Å². The third-order valence-electron chi connectivity index (χ3n) is 4.71. The highest BCUT2D eigenvalue weighted by molar-refractivity contribution is 5.59. The summed E-state index contributed by atoms with van der Waals surface area (Å²) in [6.45, 7) is 2.26. The van der Waals surface area contributed by atoms with Gasteiger partial charge in [0.2, 0.25) is 0 Å². The molecule has 0 aliphatic carbocycles. The highest BCUT2D eigenvalue weighted by Gasteiger charge is 2.19. The molecule has 1 saturated heterocycles. The van der Waals surface area contributed by atoms with Crippen LogP contribution in [0.3, 0.4) is 0 Å². The van der Waals surface area contributed by atoms with Crippen molar-refractivity contribution >= 4 is 0 Å². The van der Waals surface area contributed by atoms with E-state index in [1.807, 2.05) is 42.5 Å². The zero-order valence-corrected chi connectivity index (χ0v) is 14.5. The summed E-state index contributed by atoms with van der Waals surface area (Å²) >= 11 is 0. The van der Waals surface area contributed by atoms with E-state index in [9.17, 15) is 0 Å². The minimum atomic E-state index is 0.480. The van der Waals surface area contributed by atoms with Crippen molar-refractivity contribution in [2.45, 2.75) is 18.9 Å². The standard InChI is InChI=1S/C21H23N3O/c1-23-14-5-6-18(16-23)24-15-13-21(22-24)17-9-11-20(12-10-17)25-19-7-3-2-4-8-19/h2-4,7-13,15,18H,5-6,14,16H2,1H3. The third kappa shape index (κ3) is 3.74. The fourth-order valence-corrected chi connectivity index (χ4v) is 3.37. The molecule has 2 aromatic carbocycles. The van der Waals surface area contributed by atoms with Crippen molar-refractivity contribution in [1.29, 1.82) is 0 Å². The van der Waals surface area contributed by atoms with Crippen molar-refractivity contribution in [3.05, 3.63) is 66.9 Å². The average Bonchev–Trinajstić information content (AvgIpc) is 3.13. The predicted molar refractivity (Wildman–Crippen MR) is 99.9 cm³/mol. The first-order valence-corrected chi connectivity index (χ1v) is 8.85. The van der Waals surface area contributed by atoms with Crippen LogP contribution in [-0.2, 0) is 0 Å². The maximum Gasteiger partial charge on any atom is 0.127 e. The molecule has 1 unspecified atom stereocenters. The zero-order valence-electron chi connectivity index (χ0n) is 14.5. The summed E-state index contributed by atoms with van der Waals surface area (Å²) in [5, 5.41) is 4.80. The normalized spacial score (nSPS) is 18.2. The van der Waals surface area contributed by atoms with Crippen molar-refractivity contribution < 1.29 is 4.74 Å². The fraction of sp³-hybridized carbons (Fsp3) is 0.286. The molecule has 1 aliphatic rings. The second kappa shape index (κ2) is 7.11. The largest absolute Gasteiger partial charge is 0.457 e. The number of rotatable bonds is 4. The molecule has 1 aromatic heterocycles. The number of likely N-dealkylation sites (tertiary alicyclic amines) is 1.